The molecule has 11 heteroatoms. The van der Waals surface area contributed by atoms with Crippen LogP contribution in [0.25, 0.3) is 0 Å². The van der Waals surface area contributed by atoms with Crippen LogP contribution in [-0.4, -0.2) is 86.9 Å². The molecule has 0 aromatic heterocycles. The number of hydrogen-bond acceptors (Lipinski definition) is 5. The van der Waals surface area contributed by atoms with Crippen LogP contribution in [0, 0.1) is 17.7 Å². The molecule has 2 heterocycles. The average Bonchev–Trinajstić information content (AvgIpc) is 3.40. The monoisotopic (exact) mass is 550 g/mol. The molecule has 3 unspecified atom stereocenters. The third kappa shape index (κ3) is 6.67. The lowest BCUT2D eigenvalue weighted by molar-refractivity contribution is -0.122. The highest BCUT2D eigenvalue weighted by molar-refractivity contribution is 7.88. The van der Waals surface area contributed by atoms with E-state index < -0.39 is 15.8 Å². The van der Waals surface area contributed by atoms with Gasteiger partial charge in [0.15, 0.2) is 0 Å². The van der Waals surface area contributed by atoms with Crippen molar-refractivity contribution in [3.05, 3.63) is 70.5 Å². The zero-order chi connectivity index (χ0) is 26.7. The van der Waals surface area contributed by atoms with Crippen molar-refractivity contribution in [2.75, 3.05) is 52.6 Å². The van der Waals surface area contributed by atoms with Crippen LogP contribution in [0.2, 0.25) is 5.02 Å². The lowest BCUT2D eigenvalue weighted by Gasteiger charge is -2.25. The number of likely N-dealkylation sites (N-methyl/N-ethyl adjacent to an activating group) is 1. The summed E-state index contributed by atoms with van der Waals surface area (Å²) in [6.07, 6.45) is 1.73. The van der Waals surface area contributed by atoms with Crippen molar-refractivity contribution in [2.24, 2.45) is 11.8 Å². The van der Waals surface area contributed by atoms with Gasteiger partial charge in [0.1, 0.15) is 5.82 Å². The fourth-order valence-corrected chi connectivity index (χ4v) is 5.77. The van der Waals surface area contributed by atoms with Gasteiger partial charge in [-0.2, -0.15) is 4.31 Å². The van der Waals surface area contributed by atoms with Crippen molar-refractivity contribution in [2.45, 2.75) is 12.5 Å². The molecule has 2 aromatic carbocycles. The van der Waals surface area contributed by atoms with E-state index in [0.717, 1.165) is 35.8 Å². The van der Waals surface area contributed by atoms with E-state index in [1.54, 1.807) is 4.90 Å². The minimum absolute atomic E-state index is 0.0658. The summed E-state index contributed by atoms with van der Waals surface area (Å²) in [6, 6.07) is 13.6. The second kappa shape index (κ2) is 11.5. The number of halogens is 2. The number of carbonyl (C=O) groups excluding carboxylic acids is 2. The molecule has 8 nitrogen and oxygen atoms in total. The molecule has 37 heavy (non-hydrogen) atoms. The van der Waals surface area contributed by atoms with Crippen molar-refractivity contribution in [1.29, 1.82) is 0 Å². The summed E-state index contributed by atoms with van der Waals surface area (Å²) in [4.78, 5) is 29.5. The highest BCUT2D eigenvalue weighted by Crippen LogP contribution is 2.33. The number of nitrogens with zero attached hydrogens (tertiary/aromatic N) is 3. The first-order valence-corrected chi connectivity index (χ1v) is 14.5. The summed E-state index contributed by atoms with van der Waals surface area (Å²) < 4.78 is 38.6. The molecule has 2 aliphatic heterocycles. The molecule has 0 radical (unpaired) electrons. The Kier molecular flexibility index (Phi) is 8.52. The Labute approximate surface area is 222 Å². The van der Waals surface area contributed by atoms with Crippen LogP contribution >= 0.6 is 11.6 Å². The molecular formula is C26H32ClFN4O4S. The van der Waals surface area contributed by atoms with Gasteiger partial charge in [0.25, 0.3) is 5.91 Å². The zero-order valence-corrected chi connectivity index (χ0v) is 22.5. The van der Waals surface area contributed by atoms with Crippen LogP contribution in [-0.2, 0) is 14.8 Å². The number of rotatable bonds is 9. The Morgan fingerprint density at radius 2 is 1.73 bits per heavy atom. The van der Waals surface area contributed by atoms with Crippen molar-refractivity contribution in [3.8, 4) is 0 Å². The molecule has 0 spiro atoms. The summed E-state index contributed by atoms with van der Waals surface area (Å²) in [6.45, 7) is 3.23. The summed E-state index contributed by atoms with van der Waals surface area (Å²) >= 11 is 6.10. The average molecular weight is 551 g/mol. The first-order chi connectivity index (χ1) is 17.5. The molecule has 2 fully saturated rings. The Hall–Kier alpha value is -2.53. The van der Waals surface area contributed by atoms with Crippen LogP contribution in [0.1, 0.15) is 28.4 Å². The number of sulfonamides is 1. The van der Waals surface area contributed by atoms with Gasteiger partial charge in [-0.25, -0.2) is 12.8 Å². The smallest absolute Gasteiger partial charge is 0.258 e. The van der Waals surface area contributed by atoms with E-state index in [4.69, 9.17) is 11.6 Å². The Morgan fingerprint density at radius 3 is 2.32 bits per heavy atom. The number of carbonyl (C=O) groups is 2. The molecule has 2 saturated heterocycles. The zero-order valence-electron chi connectivity index (χ0n) is 20.9. The van der Waals surface area contributed by atoms with Gasteiger partial charge in [-0.1, -0.05) is 48.0 Å². The van der Waals surface area contributed by atoms with E-state index >= 15 is 0 Å². The van der Waals surface area contributed by atoms with Crippen molar-refractivity contribution in [1.82, 2.24) is 19.4 Å². The molecule has 0 saturated carbocycles. The van der Waals surface area contributed by atoms with Gasteiger partial charge in [0.05, 0.1) is 29.4 Å². The van der Waals surface area contributed by atoms with Crippen molar-refractivity contribution >= 4 is 33.4 Å². The first kappa shape index (κ1) is 27.5. The van der Waals surface area contributed by atoms with Gasteiger partial charge in [0, 0.05) is 39.8 Å². The maximum atomic E-state index is 14.2. The lowest BCUT2D eigenvalue weighted by atomic mass is 10.0. The minimum atomic E-state index is -3.46. The quantitative estimate of drug-likeness (QED) is 0.518. The molecule has 200 valence electrons. The molecule has 2 amide bonds. The third-order valence-electron chi connectivity index (χ3n) is 7.23. The van der Waals surface area contributed by atoms with Gasteiger partial charge < -0.3 is 15.1 Å². The Bertz CT molecular complexity index is 1210. The molecule has 0 aliphatic carbocycles. The van der Waals surface area contributed by atoms with Gasteiger partial charge in [0.2, 0.25) is 15.9 Å². The Balaban J connectivity index is 1.33. The van der Waals surface area contributed by atoms with Gasteiger partial charge in [-0.3, -0.25) is 9.59 Å². The molecule has 2 aliphatic rings. The SMILES string of the molecule is CN(CC(=O)NC(CCN1CC2CN(C(=O)c3c(F)cccc3Cl)CC2C1)c1ccccc1)S(C)(=O)=O. The fraction of sp³-hybridized carbons (Fsp3) is 0.462. The minimum Gasteiger partial charge on any atom is -0.348 e. The van der Waals surface area contributed by atoms with Crippen molar-refractivity contribution < 1.29 is 22.4 Å². The van der Waals surface area contributed by atoms with Crippen LogP contribution in [0.3, 0.4) is 0 Å². The van der Waals surface area contributed by atoms with E-state index in [-0.39, 0.29) is 35.0 Å². The second-order valence-electron chi connectivity index (χ2n) is 9.93. The maximum Gasteiger partial charge on any atom is 0.258 e. The summed E-state index contributed by atoms with van der Waals surface area (Å²) in [5.41, 5.74) is 0.889. The topological polar surface area (TPSA) is 90.0 Å². The predicted octanol–water partition coefficient (Wildman–Crippen LogP) is 2.62. The first-order valence-electron chi connectivity index (χ1n) is 12.2. The lowest BCUT2D eigenvalue weighted by Crippen LogP contribution is -2.40. The van der Waals surface area contributed by atoms with Crippen LogP contribution in [0.15, 0.2) is 48.5 Å². The molecule has 4 rings (SSSR count). The summed E-state index contributed by atoms with van der Waals surface area (Å²) in [7, 11) is -2.08. The van der Waals surface area contributed by atoms with E-state index in [1.807, 2.05) is 30.3 Å². The fourth-order valence-electron chi connectivity index (χ4n) is 5.18. The van der Waals surface area contributed by atoms with E-state index in [0.29, 0.717) is 31.3 Å². The second-order valence-corrected chi connectivity index (χ2v) is 12.4. The number of amides is 2. The molecule has 3 atom stereocenters. The number of hydrogen-bond donors (Lipinski definition) is 1. The van der Waals surface area contributed by atoms with Gasteiger partial charge in [-0.05, 0) is 36.0 Å². The van der Waals surface area contributed by atoms with Crippen LogP contribution in [0.5, 0.6) is 0 Å². The molecule has 0 bridgehead atoms. The van der Waals surface area contributed by atoms with Crippen molar-refractivity contribution in [3.63, 3.8) is 0 Å². The number of fused-ring (bicyclic) bond motifs is 1. The normalized spacial score (nSPS) is 20.7. The predicted molar refractivity (Wildman–Crippen MR) is 140 cm³/mol. The maximum absolute atomic E-state index is 14.2. The number of likely N-dealkylation sites (tertiary alicyclic amines) is 2. The van der Waals surface area contributed by atoms with E-state index in [1.165, 1.54) is 25.2 Å². The molecular weight excluding hydrogens is 519 g/mol. The summed E-state index contributed by atoms with van der Waals surface area (Å²) in [5, 5.41) is 3.11. The molecule has 2 aromatic rings. The van der Waals surface area contributed by atoms with Gasteiger partial charge in [-0.15, -0.1) is 0 Å². The standard InChI is InChI=1S/C26H32ClFN4O4S/c1-30(37(2,35)36)17-24(33)29-23(18-7-4-3-5-8-18)11-12-31-13-19-15-32(16-20(19)14-31)26(34)25-21(27)9-6-10-22(25)28/h3-10,19-20,23H,11-17H2,1-2H3,(H,29,33). The highest BCUT2D eigenvalue weighted by Gasteiger charge is 2.42. The van der Waals surface area contributed by atoms with Crippen LogP contribution < -0.4 is 5.32 Å². The Morgan fingerprint density at radius 1 is 1.08 bits per heavy atom. The van der Waals surface area contributed by atoms with Crippen LogP contribution in [0.4, 0.5) is 4.39 Å². The largest absolute Gasteiger partial charge is 0.348 e. The van der Waals surface area contributed by atoms with Gasteiger partial charge >= 0.3 is 0 Å². The summed E-state index contributed by atoms with van der Waals surface area (Å²) in [5.74, 6) is -0.741. The highest BCUT2D eigenvalue weighted by atomic mass is 35.5. The molecule has 1 N–H and O–H groups in total. The van der Waals surface area contributed by atoms with E-state index in [9.17, 15) is 22.4 Å². The van der Waals surface area contributed by atoms with E-state index in [2.05, 4.69) is 10.2 Å². The number of benzene rings is 2. The number of nitrogens with one attached hydrogen (secondary N) is 1. The third-order valence-corrected chi connectivity index (χ3v) is 8.81.